The van der Waals surface area contributed by atoms with Crippen molar-refractivity contribution in [2.75, 3.05) is 0 Å². The highest BCUT2D eigenvalue weighted by Crippen LogP contribution is 2.31. The lowest BCUT2D eigenvalue weighted by molar-refractivity contribution is 0.880. The standard InChI is InChI=1S/C12H12BrN/c1-9-12(13)11(8-14(9)2)10-6-4-3-5-7-10/h3-8H,1-2H3. The minimum absolute atomic E-state index is 1.19. The molecule has 1 nitrogen and oxygen atoms in total. The number of benzene rings is 1. The molecular weight excluding hydrogens is 238 g/mol. The third-order valence-corrected chi connectivity index (χ3v) is 3.49. The van der Waals surface area contributed by atoms with Crippen LogP contribution in [0.2, 0.25) is 0 Å². The van der Waals surface area contributed by atoms with Crippen molar-refractivity contribution in [3.8, 4) is 11.1 Å². The van der Waals surface area contributed by atoms with Gasteiger partial charge in [-0.2, -0.15) is 0 Å². The average Bonchev–Trinajstić information content (AvgIpc) is 2.47. The molecule has 0 amide bonds. The smallest absolute Gasteiger partial charge is 0.0460 e. The zero-order valence-corrected chi connectivity index (χ0v) is 9.88. The summed E-state index contributed by atoms with van der Waals surface area (Å²) in [4.78, 5) is 0. The van der Waals surface area contributed by atoms with E-state index < -0.39 is 0 Å². The van der Waals surface area contributed by atoms with Crippen LogP contribution in [-0.2, 0) is 7.05 Å². The van der Waals surface area contributed by atoms with E-state index in [2.05, 4.69) is 64.9 Å². The summed E-state index contributed by atoms with van der Waals surface area (Å²) >= 11 is 3.62. The van der Waals surface area contributed by atoms with Gasteiger partial charge in [0.05, 0.1) is 0 Å². The number of hydrogen-bond acceptors (Lipinski definition) is 0. The highest BCUT2D eigenvalue weighted by molar-refractivity contribution is 9.10. The van der Waals surface area contributed by atoms with Crippen LogP contribution in [0.3, 0.4) is 0 Å². The van der Waals surface area contributed by atoms with Crippen molar-refractivity contribution in [1.82, 2.24) is 4.57 Å². The molecule has 0 saturated carbocycles. The Kier molecular flexibility index (Phi) is 2.46. The second-order valence-electron chi connectivity index (χ2n) is 3.42. The van der Waals surface area contributed by atoms with Crippen molar-refractivity contribution in [1.29, 1.82) is 0 Å². The van der Waals surface area contributed by atoms with Crippen LogP contribution in [0.5, 0.6) is 0 Å². The molecule has 0 unspecified atom stereocenters. The molecule has 1 aromatic heterocycles. The largest absolute Gasteiger partial charge is 0.353 e. The highest BCUT2D eigenvalue weighted by atomic mass is 79.9. The van der Waals surface area contributed by atoms with Crippen molar-refractivity contribution in [2.24, 2.45) is 7.05 Å². The third kappa shape index (κ3) is 1.50. The molecule has 0 radical (unpaired) electrons. The van der Waals surface area contributed by atoms with Gasteiger partial charge in [0.15, 0.2) is 0 Å². The fourth-order valence-electron chi connectivity index (χ4n) is 1.52. The van der Waals surface area contributed by atoms with E-state index in [0.717, 1.165) is 0 Å². The van der Waals surface area contributed by atoms with Crippen molar-refractivity contribution < 1.29 is 0 Å². The van der Waals surface area contributed by atoms with E-state index in [-0.39, 0.29) is 0 Å². The van der Waals surface area contributed by atoms with Crippen LogP contribution in [0, 0.1) is 6.92 Å². The molecule has 72 valence electrons. The van der Waals surface area contributed by atoms with Gasteiger partial charge in [-0.1, -0.05) is 30.3 Å². The maximum atomic E-state index is 3.62. The first-order valence-corrected chi connectivity index (χ1v) is 5.36. The lowest BCUT2D eigenvalue weighted by atomic mass is 10.1. The van der Waals surface area contributed by atoms with E-state index in [1.165, 1.54) is 21.3 Å². The summed E-state index contributed by atoms with van der Waals surface area (Å²) in [5.41, 5.74) is 3.76. The van der Waals surface area contributed by atoms with Gasteiger partial charge in [0.1, 0.15) is 0 Å². The van der Waals surface area contributed by atoms with Gasteiger partial charge in [-0.15, -0.1) is 0 Å². The van der Waals surface area contributed by atoms with Crippen molar-refractivity contribution >= 4 is 15.9 Å². The lowest BCUT2D eigenvalue weighted by Crippen LogP contribution is -1.86. The van der Waals surface area contributed by atoms with E-state index in [4.69, 9.17) is 0 Å². The Morgan fingerprint density at radius 1 is 1.14 bits per heavy atom. The molecule has 0 N–H and O–H groups in total. The lowest BCUT2D eigenvalue weighted by Gasteiger charge is -1.97. The Hall–Kier alpha value is -1.02. The zero-order chi connectivity index (χ0) is 10.1. The molecule has 2 aromatic rings. The monoisotopic (exact) mass is 249 g/mol. The summed E-state index contributed by atoms with van der Waals surface area (Å²) < 4.78 is 3.32. The number of rotatable bonds is 1. The van der Waals surface area contributed by atoms with Crippen LogP contribution in [0.4, 0.5) is 0 Å². The topological polar surface area (TPSA) is 4.93 Å². The summed E-state index contributed by atoms with van der Waals surface area (Å²) in [5, 5.41) is 0. The number of halogens is 1. The first kappa shape index (κ1) is 9.53. The van der Waals surface area contributed by atoms with Crippen LogP contribution in [-0.4, -0.2) is 4.57 Å². The predicted octanol–water partition coefficient (Wildman–Crippen LogP) is 3.76. The van der Waals surface area contributed by atoms with Crippen LogP contribution in [0.1, 0.15) is 5.69 Å². The van der Waals surface area contributed by atoms with E-state index in [1.807, 2.05) is 6.07 Å². The van der Waals surface area contributed by atoms with Gasteiger partial charge in [0.2, 0.25) is 0 Å². The SMILES string of the molecule is Cc1c(Br)c(-c2ccccc2)cn1C. The van der Waals surface area contributed by atoms with Gasteiger partial charge in [-0.05, 0) is 28.4 Å². The normalized spacial score (nSPS) is 10.5. The van der Waals surface area contributed by atoms with E-state index in [1.54, 1.807) is 0 Å². The van der Waals surface area contributed by atoms with Gasteiger partial charge < -0.3 is 4.57 Å². The molecule has 0 aliphatic rings. The molecule has 1 aromatic carbocycles. The summed E-state index contributed by atoms with van der Waals surface area (Å²) in [7, 11) is 2.06. The number of aryl methyl sites for hydroxylation is 1. The maximum absolute atomic E-state index is 3.62. The molecule has 0 spiro atoms. The van der Waals surface area contributed by atoms with E-state index in [9.17, 15) is 0 Å². The molecule has 0 aliphatic heterocycles. The van der Waals surface area contributed by atoms with Gasteiger partial charge in [-0.25, -0.2) is 0 Å². The highest BCUT2D eigenvalue weighted by Gasteiger charge is 2.08. The average molecular weight is 250 g/mol. The minimum Gasteiger partial charge on any atom is -0.353 e. The van der Waals surface area contributed by atoms with Gasteiger partial charge in [0, 0.05) is 29.0 Å². The molecule has 2 heteroatoms. The van der Waals surface area contributed by atoms with Gasteiger partial charge in [0.25, 0.3) is 0 Å². The summed E-state index contributed by atoms with van der Waals surface area (Å²) in [6.45, 7) is 2.11. The third-order valence-electron chi connectivity index (χ3n) is 2.49. The van der Waals surface area contributed by atoms with Crippen molar-refractivity contribution in [2.45, 2.75) is 6.92 Å². The second kappa shape index (κ2) is 3.62. The fourth-order valence-corrected chi connectivity index (χ4v) is 2.13. The Balaban J connectivity index is 2.58. The van der Waals surface area contributed by atoms with E-state index >= 15 is 0 Å². The Morgan fingerprint density at radius 2 is 1.79 bits per heavy atom. The number of nitrogens with zero attached hydrogens (tertiary/aromatic N) is 1. The molecular formula is C12H12BrN. The van der Waals surface area contributed by atoms with Crippen LogP contribution in [0.15, 0.2) is 41.0 Å². The molecule has 0 fully saturated rings. The quantitative estimate of drug-likeness (QED) is 0.726. The van der Waals surface area contributed by atoms with Gasteiger partial charge in [-0.3, -0.25) is 0 Å². The maximum Gasteiger partial charge on any atom is 0.0460 e. The molecule has 14 heavy (non-hydrogen) atoms. The summed E-state index contributed by atoms with van der Waals surface area (Å²) in [6.07, 6.45) is 2.15. The minimum atomic E-state index is 1.19. The molecule has 0 bridgehead atoms. The first-order chi connectivity index (χ1) is 6.70. The molecule has 0 saturated heterocycles. The van der Waals surface area contributed by atoms with Crippen LogP contribution < -0.4 is 0 Å². The second-order valence-corrected chi connectivity index (χ2v) is 4.21. The Bertz CT molecular complexity index is 443. The van der Waals surface area contributed by atoms with Crippen molar-refractivity contribution in [3.05, 3.63) is 46.7 Å². The number of aromatic nitrogens is 1. The number of hydrogen-bond donors (Lipinski definition) is 0. The van der Waals surface area contributed by atoms with Crippen LogP contribution in [0.25, 0.3) is 11.1 Å². The Labute approximate surface area is 92.5 Å². The fraction of sp³-hybridized carbons (Fsp3) is 0.167. The Morgan fingerprint density at radius 3 is 2.29 bits per heavy atom. The molecule has 0 atom stereocenters. The van der Waals surface area contributed by atoms with Crippen molar-refractivity contribution in [3.63, 3.8) is 0 Å². The molecule has 2 rings (SSSR count). The predicted molar refractivity (Wildman–Crippen MR) is 63.3 cm³/mol. The summed E-state index contributed by atoms with van der Waals surface area (Å²) in [6, 6.07) is 10.4. The van der Waals surface area contributed by atoms with Crippen LogP contribution >= 0.6 is 15.9 Å². The molecule has 0 aliphatic carbocycles. The first-order valence-electron chi connectivity index (χ1n) is 4.57. The van der Waals surface area contributed by atoms with E-state index in [0.29, 0.717) is 0 Å². The summed E-state index contributed by atoms with van der Waals surface area (Å²) in [5.74, 6) is 0. The zero-order valence-electron chi connectivity index (χ0n) is 8.29. The van der Waals surface area contributed by atoms with Gasteiger partial charge >= 0.3 is 0 Å². The molecule has 1 heterocycles.